The highest BCUT2D eigenvalue weighted by atomic mass is 79.9. The second-order valence-electron chi connectivity index (χ2n) is 4.85. The fourth-order valence-electron chi connectivity index (χ4n) is 1.69. The van der Waals surface area contributed by atoms with Gasteiger partial charge in [-0.3, -0.25) is 4.79 Å². The van der Waals surface area contributed by atoms with Crippen molar-refractivity contribution in [2.24, 2.45) is 0 Å². The van der Waals surface area contributed by atoms with E-state index in [0.29, 0.717) is 18.9 Å². The Balaban J connectivity index is 2.66. The van der Waals surface area contributed by atoms with Crippen LogP contribution < -0.4 is 4.74 Å². The van der Waals surface area contributed by atoms with E-state index in [1.165, 1.54) is 4.90 Å². The lowest BCUT2D eigenvalue weighted by Crippen LogP contribution is -2.32. The summed E-state index contributed by atoms with van der Waals surface area (Å²) < 4.78 is 6.61. The summed E-state index contributed by atoms with van der Waals surface area (Å²) >= 11 is 3.43. The van der Waals surface area contributed by atoms with E-state index in [2.05, 4.69) is 29.8 Å². The summed E-state index contributed by atoms with van der Waals surface area (Å²) in [5.74, 6) is 0.914. The molecule has 0 spiro atoms. The van der Waals surface area contributed by atoms with Gasteiger partial charge in [0.05, 0.1) is 12.5 Å². The Morgan fingerprint density at radius 3 is 2.80 bits per heavy atom. The third kappa shape index (κ3) is 4.86. The topological polar surface area (TPSA) is 53.3 Å². The van der Waals surface area contributed by atoms with Crippen molar-refractivity contribution in [3.8, 4) is 11.8 Å². The van der Waals surface area contributed by atoms with Gasteiger partial charge in [0.2, 0.25) is 0 Å². The standard InChI is InChI=1S/C15H19BrN2O2/c1-11(2)13-9-12(16)5-6-14(13)20-10-15(19)18(3)8-4-7-17/h5-6,9,11H,4,8,10H2,1-3H3. The molecule has 0 bridgehead atoms. The van der Waals surface area contributed by atoms with Gasteiger partial charge in [0, 0.05) is 18.1 Å². The second-order valence-corrected chi connectivity index (χ2v) is 5.76. The molecule has 0 saturated carbocycles. The number of benzene rings is 1. The molecule has 0 unspecified atom stereocenters. The molecule has 5 heteroatoms. The minimum atomic E-state index is -0.127. The smallest absolute Gasteiger partial charge is 0.260 e. The number of carbonyl (C=O) groups excluding carboxylic acids is 1. The average Bonchev–Trinajstić information content (AvgIpc) is 2.42. The highest BCUT2D eigenvalue weighted by Gasteiger charge is 2.12. The van der Waals surface area contributed by atoms with E-state index in [1.54, 1.807) is 7.05 Å². The molecule has 0 fully saturated rings. The van der Waals surface area contributed by atoms with E-state index in [-0.39, 0.29) is 12.5 Å². The van der Waals surface area contributed by atoms with Crippen molar-refractivity contribution >= 4 is 21.8 Å². The number of likely N-dealkylation sites (N-methyl/N-ethyl adjacent to an activating group) is 1. The molecule has 0 heterocycles. The van der Waals surface area contributed by atoms with Crippen LogP contribution in [0.15, 0.2) is 22.7 Å². The normalized spacial score (nSPS) is 10.2. The number of hydrogen-bond donors (Lipinski definition) is 0. The molecule has 0 radical (unpaired) electrons. The molecule has 4 nitrogen and oxygen atoms in total. The number of carbonyl (C=O) groups is 1. The average molecular weight is 339 g/mol. The number of amides is 1. The Morgan fingerprint density at radius 1 is 1.50 bits per heavy atom. The van der Waals surface area contributed by atoms with Gasteiger partial charge in [-0.25, -0.2) is 0 Å². The minimum absolute atomic E-state index is 0.0106. The van der Waals surface area contributed by atoms with Gasteiger partial charge >= 0.3 is 0 Å². The second kappa shape index (κ2) is 7.91. The van der Waals surface area contributed by atoms with Gasteiger partial charge < -0.3 is 9.64 Å². The van der Waals surface area contributed by atoms with E-state index in [4.69, 9.17) is 10.00 Å². The summed E-state index contributed by atoms with van der Waals surface area (Å²) in [5, 5.41) is 8.50. The van der Waals surface area contributed by atoms with Crippen molar-refractivity contribution in [2.75, 3.05) is 20.2 Å². The van der Waals surface area contributed by atoms with Crippen LogP contribution in [0.25, 0.3) is 0 Å². The molecule has 0 atom stereocenters. The lowest BCUT2D eigenvalue weighted by molar-refractivity contribution is -0.132. The number of rotatable bonds is 6. The SMILES string of the molecule is CC(C)c1cc(Br)ccc1OCC(=O)N(C)CCC#N. The van der Waals surface area contributed by atoms with Gasteiger partial charge in [0.25, 0.3) is 5.91 Å². The van der Waals surface area contributed by atoms with Gasteiger partial charge in [0.15, 0.2) is 6.61 Å². The third-order valence-electron chi connectivity index (χ3n) is 2.93. The van der Waals surface area contributed by atoms with E-state index < -0.39 is 0 Å². The first-order chi connectivity index (χ1) is 9.45. The van der Waals surface area contributed by atoms with E-state index >= 15 is 0 Å². The summed E-state index contributed by atoms with van der Waals surface area (Å²) in [7, 11) is 1.67. The maximum atomic E-state index is 11.9. The molecule has 108 valence electrons. The molecule has 0 aromatic heterocycles. The Kier molecular flexibility index (Phi) is 6.53. The van der Waals surface area contributed by atoms with Gasteiger partial charge in [-0.05, 0) is 29.7 Å². The lowest BCUT2D eigenvalue weighted by atomic mass is 10.0. The van der Waals surface area contributed by atoms with Gasteiger partial charge in [-0.1, -0.05) is 29.8 Å². The highest BCUT2D eigenvalue weighted by molar-refractivity contribution is 9.10. The predicted molar refractivity (Wildman–Crippen MR) is 81.6 cm³/mol. The van der Waals surface area contributed by atoms with Crippen LogP contribution in [0.5, 0.6) is 5.75 Å². The molecule has 1 aromatic rings. The van der Waals surface area contributed by atoms with Crippen LogP contribution in [0.3, 0.4) is 0 Å². The zero-order valence-corrected chi connectivity index (χ0v) is 13.6. The molecular weight excluding hydrogens is 320 g/mol. The van der Waals surface area contributed by atoms with Crippen LogP contribution in [0.2, 0.25) is 0 Å². The number of nitrogens with zero attached hydrogens (tertiary/aromatic N) is 2. The molecule has 0 aliphatic rings. The number of halogens is 1. The fourth-order valence-corrected chi connectivity index (χ4v) is 2.07. The Bertz CT molecular complexity index is 509. The predicted octanol–water partition coefficient (Wildman–Crippen LogP) is 3.32. The lowest BCUT2D eigenvalue weighted by Gasteiger charge is -2.18. The first-order valence-electron chi connectivity index (χ1n) is 6.49. The zero-order valence-electron chi connectivity index (χ0n) is 12.0. The third-order valence-corrected chi connectivity index (χ3v) is 3.42. The largest absolute Gasteiger partial charge is 0.483 e. The van der Waals surface area contributed by atoms with Crippen molar-refractivity contribution in [1.29, 1.82) is 5.26 Å². The van der Waals surface area contributed by atoms with Gasteiger partial charge in [-0.15, -0.1) is 0 Å². The first kappa shape index (κ1) is 16.5. The van der Waals surface area contributed by atoms with Crippen molar-refractivity contribution in [2.45, 2.75) is 26.2 Å². The molecule has 1 amide bonds. The Morgan fingerprint density at radius 2 is 2.20 bits per heavy atom. The molecule has 1 aromatic carbocycles. The monoisotopic (exact) mass is 338 g/mol. The molecule has 0 aliphatic carbocycles. The summed E-state index contributed by atoms with van der Waals surface area (Å²) in [6, 6.07) is 7.78. The number of ether oxygens (including phenoxy) is 1. The maximum absolute atomic E-state index is 11.9. The first-order valence-corrected chi connectivity index (χ1v) is 7.28. The molecule has 20 heavy (non-hydrogen) atoms. The van der Waals surface area contributed by atoms with Crippen molar-refractivity contribution in [3.05, 3.63) is 28.2 Å². The number of hydrogen-bond acceptors (Lipinski definition) is 3. The van der Waals surface area contributed by atoms with Crippen LogP contribution in [0, 0.1) is 11.3 Å². The molecule has 0 saturated heterocycles. The zero-order chi connectivity index (χ0) is 15.1. The summed E-state index contributed by atoms with van der Waals surface area (Å²) in [6.07, 6.45) is 0.331. The Labute approximate surface area is 128 Å². The van der Waals surface area contributed by atoms with Crippen LogP contribution in [-0.4, -0.2) is 31.0 Å². The highest BCUT2D eigenvalue weighted by Crippen LogP contribution is 2.29. The van der Waals surface area contributed by atoms with E-state index in [9.17, 15) is 4.79 Å². The summed E-state index contributed by atoms with van der Waals surface area (Å²) in [6.45, 7) is 4.57. The van der Waals surface area contributed by atoms with Crippen molar-refractivity contribution < 1.29 is 9.53 Å². The van der Waals surface area contributed by atoms with Gasteiger partial charge in [0.1, 0.15) is 5.75 Å². The summed E-state index contributed by atoms with van der Waals surface area (Å²) in [5.41, 5.74) is 1.06. The van der Waals surface area contributed by atoms with Crippen molar-refractivity contribution in [1.82, 2.24) is 4.90 Å². The van der Waals surface area contributed by atoms with Crippen LogP contribution in [0.1, 0.15) is 31.7 Å². The van der Waals surface area contributed by atoms with Crippen molar-refractivity contribution in [3.63, 3.8) is 0 Å². The fraction of sp³-hybridized carbons (Fsp3) is 0.467. The van der Waals surface area contributed by atoms with Gasteiger partial charge in [-0.2, -0.15) is 5.26 Å². The maximum Gasteiger partial charge on any atom is 0.260 e. The van der Waals surface area contributed by atoms with E-state index in [1.807, 2.05) is 24.3 Å². The minimum Gasteiger partial charge on any atom is -0.483 e. The summed E-state index contributed by atoms with van der Waals surface area (Å²) in [4.78, 5) is 13.4. The van der Waals surface area contributed by atoms with Crippen LogP contribution in [0.4, 0.5) is 0 Å². The van der Waals surface area contributed by atoms with Crippen LogP contribution in [-0.2, 0) is 4.79 Å². The molecule has 1 rings (SSSR count). The van der Waals surface area contributed by atoms with E-state index in [0.717, 1.165) is 15.8 Å². The molecular formula is C15H19BrN2O2. The number of nitriles is 1. The quantitative estimate of drug-likeness (QED) is 0.799. The Hall–Kier alpha value is -1.54. The molecule has 0 aliphatic heterocycles. The molecule has 0 N–H and O–H groups in total. The van der Waals surface area contributed by atoms with Crippen LogP contribution >= 0.6 is 15.9 Å².